The van der Waals surface area contributed by atoms with E-state index in [4.69, 9.17) is 0 Å². The Kier molecular flexibility index (Phi) is 2.94. The number of carbonyl (C=O) groups is 1. The van der Waals surface area contributed by atoms with Crippen molar-refractivity contribution in [3.8, 4) is 0 Å². The van der Waals surface area contributed by atoms with Gasteiger partial charge in [0.15, 0.2) is 0 Å². The van der Waals surface area contributed by atoms with Gasteiger partial charge in [-0.05, 0) is 49.5 Å². The Bertz CT molecular complexity index is 489. The zero-order valence-corrected chi connectivity index (χ0v) is 10.3. The molecule has 0 radical (unpaired) electrons. The maximum absolute atomic E-state index is 11.9. The van der Waals surface area contributed by atoms with Crippen LogP contribution in [0.1, 0.15) is 36.0 Å². The minimum Gasteiger partial charge on any atom is -0.352 e. The Morgan fingerprint density at radius 1 is 1.33 bits per heavy atom. The van der Waals surface area contributed by atoms with Gasteiger partial charge in [-0.3, -0.25) is 9.59 Å². The molecule has 4 heteroatoms. The lowest BCUT2D eigenvalue weighted by Crippen LogP contribution is -2.31. The predicted octanol–water partition coefficient (Wildman–Crippen LogP) is 1.54. The van der Waals surface area contributed by atoms with Gasteiger partial charge < -0.3 is 10.3 Å². The fourth-order valence-corrected chi connectivity index (χ4v) is 2.67. The normalized spacial score (nSPS) is 18.9. The maximum Gasteiger partial charge on any atom is 0.251 e. The molecular formula is C14H18N2O2. The van der Waals surface area contributed by atoms with E-state index in [0.29, 0.717) is 11.5 Å². The van der Waals surface area contributed by atoms with Gasteiger partial charge in [0.05, 0.1) is 0 Å². The van der Waals surface area contributed by atoms with Crippen LogP contribution in [0.15, 0.2) is 23.1 Å². The summed E-state index contributed by atoms with van der Waals surface area (Å²) in [4.78, 5) is 25.6. The van der Waals surface area contributed by atoms with Crippen molar-refractivity contribution in [3.63, 3.8) is 0 Å². The van der Waals surface area contributed by atoms with E-state index in [1.807, 2.05) is 0 Å². The van der Waals surface area contributed by atoms with Crippen molar-refractivity contribution >= 4 is 5.91 Å². The van der Waals surface area contributed by atoms with Gasteiger partial charge in [-0.1, -0.05) is 0 Å². The molecule has 0 aliphatic heterocycles. The number of pyridine rings is 1. The fourth-order valence-electron chi connectivity index (χ4n) is 2.67. The smallest absolute Gasteiger partial charge is 0.251 e. The molecule has 2 aliphatic carbocycles. The third kappa shape index (κ3) is 2.63. The molecule has 0 atom stereocenters. The Morgan fingerprint density at radius 2 is 2.00 bits per heavy atom. The highest BCUT2D eigenvalue weighted by Crippen LogP contribution is 2.48. The van der Waals surface area contributed by atoms with E-state index in [1.54, 1.807) is 6.07 Å². The van der Waals surface area contributed by atoms with Crippen molar-refractivity contribution in [2.24, 2.45) is 17.8 Å². The molecule has 0 spiro atoms. The average Bonchev–Trinajstić information content (AvgIpc) is 3.23. The van der Waals surface area contributed by atoms with Gasteiger partial charge >= 0.3 is 0 Å². The summed E-state index contributed by atoms with van der Waals surface area (Å²) >= 11 is 0. The highest BCUT2D eigenvalue weighted by atomic mass is 16.2. The summed E-state index contributed by atoms with van der Waals surface area (Å²) in [7, 11) is 0. The van der Waals surface area contributed by atoms with E-state index in [0.717, 1.165) is 18.4 Å². The molecule has 1 aromatic rings. The number of H-pyrrole nitrogens is 1. The van der Waals surface area contributed by atoms with Crippen LogP contribution in [0, 0.1) is 17.8 Å². The molecule has 2 fully saturated rings. The summed E-state index contributed by atoms with van der Waals surface area (Å²) in [5, 5.41) is 2.98. The number of rotatable bonds is 5. The first kappa shape index (κ1) is 11.5. The monoisotopic (exact) mass is 246 g/mol. The van der Waals surface area contributed by atoms with E-state index in [2.05, 4.69) is 10.3 Å². The van der Waals surface area contributed by atoms with Crippen molar-refractivity contribution in [1.82, 2.24) is 10.3 Å². The van der Waals surface area contributed by atoms with Gasteiger partial charge in [0, 0.05) is 24.4 Å². The summed E-state index contributed by atoms with van der Waals surface area (Å²) in [6, 6.07) is 2.98. The highest BCUT2D eigenvalue weighted by molar-refractivity contribution is 5.93. The minimum atomic E-state index is -0.233. The maximum atomic E-state index is 11.9. The molecule has 2 aliphatic rings. The third-order valence-electron chi connectivity index (χ3n) is 3.99. The second-order valence-electron chi connectivity index (χ2n) is 5.49. The largest absolute Gasteiger partial charge is 0.352 e. The number of carbonyl (C=O) groups excluding carboxylic acids is 1. The minimum absolute atomic E-state index is 0.132. The Balaban J connectivity index is 1.58. The summed E-state index contributed by atoms with van der Waals surface area (Å²) < 4.78 is 0. The standard InChI is InChI=1S/C14H18N2O2/c17-13-7-11(5-6-15-13)14(18)16-8-12(9-1-2-9)10-3-4-10/h5-7,9-10,12H,1-4,8H2,(H,15,17)(H,16,18). The lowest BCUT2D eigenvalue weighted by Gasteiger charge is -2.16. The van der Waals surface area contributed by atoms with Crippen molar-refractivity contribution in [2.75, 3.05) is 6.54 Å². The van der Waals surface area contributed by atoms with E-state index in [9.17, 15) is 9.59 Å². The Morgan fingerprint density at radius 3 is 2.56 bits per heavy atom. The molecule has 2 saturated carbocycles. The summed E-state index contributed by atoms with van der Waals surface area (Å²) in [5.74, 6) is 2.19. The molecule has 2 N–H and O–H groups in total. The van der Waals surface area contributed by atoms with Crippen LogP contribution >= 0.6 is 0 Å². The predicted molar refractivity (Wildman–Crippen MR) is 68.3 cm³/mol. The average molecular weight is 246 g/mol. The van der Waals surface area contributed by atoms with Crippen LogP contribution < -0.4 is 10.9 Å². The highest BCUT2D eigenvalue weighted by Gasteiger charge is 2.41. The topological polar surface area (TPSA) is 62.0 Å². The van der Waals surface area contributed by atoms with Crippen LogP contribution in [0.3, 0.4) is 0 Å². The molecule has 0 unspecified atom stereocenters. The van der Waals surface area contributed by atoms with Crippen molar-refractivity contribution in [3.05, 3.63) is 34.2 Å². The van der Waals surface area contributed by atoms with Crippen LogP contribution in [-0.4, -0.2) is 17.4 Å². The first-order valence-electron chi connectivity index (χ1n) is 6.71. The van der Waals surface area contributed by atoms with E-state index in [1.165, 1.54) is 37.9 Å². The Hall–Kier alpha value is -1.58. The summed E-state index contributed by atoms with van der Waals surface area (Å²) in [6.07, 6.45) is 6.80. The lowest BCUT2D eigenvalue weighted by atomic mass is 9.98. The zero-order valence-electron chi connectivity index (χ0n) is 10.3. The molecule has 1 aromatic heterocycles. The molecule has 96 valence electrons. The second-order valence-corrected chi connectivity index (χ2v) is 5.49. The molecular weight excluding hydrogens is 228 g/mol. The summed E-state index contributed by atoms with van der Waals surface area (Å²) in [6.45, 7) is 0.765. The molecule has 0 bridgehead atoms. The molecule has 4 nitrogen and oxygen atoms in total. The van der Waals surface area contributed by atoms with Crippen LogP contribution in [-0.2, 0) is 0 Å². The summed E-state index contributed by atoms with van der Waals surface area (Å²) in [5.41, 5.74) is 0.215. The Labute approximate surface area is 106 Å². The first-order valence-corrected chi connectivity index (χ1v) is 6.71. The zero-order chi connectivity index (χ0) is 12.5. The van der Waals surface area contributed by atoms with Gasteiger partial charge in [0.25, 0.3) is 5.91 Å². The van der Waals surface area contributed by atoms with E-state index in [-0.39, 0.29) is 11.5 Å². The van der Waals surface area contributed by atoms with Crippen LogP contribution in [0.5, 0.6) is 0 Å². The van der Waals surface area contributed by atoms with Crippen molar-refractivity contribution < 1.29 is 4.79 Å². The van der Waals surface area contributed by atoms with Gasteiger partial charge in [0.1, 0.15) is 0 Å². The number of nitrogens with one attached hydrogen (secondary N) is 2. The molecule has 18 heavy (non-hydrogen) atoms. The molecule has 1 amide bonds. The van der Waals surface area contributed by atoms with Crippen LogP contribution in [0.25, 0.3) is 0 Å². The number of amides is 1. The van der Waals surface area contributed by atoms with Gasteiger partial charge in [-0.15, -0.1) is 0 Å². The van der Waals surface area contributed by atoms with Gasteiger partial charge in [0.2, 0.25) is 5.56 Å². The molecule has 1 heterocycles. The number of hydrogen-bond acceptors (Lipinski definition) is 2. The fraction of sp³-hybridized carbons (Fsp3) is 0.571. The lowest BCUT2D eigenvalue weighted by molar-refractivity contribution is 0.0943. The quantitative estimate of drug-likeness (QED) is 0.827. The van der Waals surface area contributed by atoms with Crippen LogP contribution in [0.4, 0.5) is 0 Å². The number of aromatic nitrogens is 1. The van der Waals surface area contributed by atoms with Crippen molar-refractivity contribution in [1.29, 1.82) is 0 Å². The van der Waals surface area contributed by atoms with E-state index >= 15 is 0 Å². The second kappa shape index (κ2) is 4.59. The van der Waals surface area contributed by atoms with Crippen LogP contribution in [0.2, 0.25) is 0 Å². The molecule has 3 rings (SSSR count). The van der Waals surface area contributed by atoms with Gasteiger partial charge in [-0.2, -0.15) is 0 Å². The third-order valence-corrected chi connectivity index (χ3v) is 3.99. The van der Waals surface area contributed by atoms with Gasteiger partial charge in [-0.25, -0.2) is 0 Å². The van der Waals surface area contributed by atoms with E-state index < -0.39 is 0 Å². The number of aromatic amines is 1. The number of hydrogen-bond donors (Lipinski definition) is 2. The first-order chi connectivity index (χ1) is 8.74. The SMILES string of the molecule is O=C(NCC(C1CC1)C1CC1)c1cc[nH]c(=O)c1. The van der Waals surface area contributed by atoms with Crippen molar-refractivity contribution in [2.45, 2.75) is 25.7 Å². The molecule has 0 saturated heterocycles. The molecule has 0 aromatic carbocycles.